The number of carbonyl (C=O) groups excluding carboxylic acids is 1. The van der Waals surface area contributed by atoms with E-state index in [9.17, 15) is 4.79 Å². The van der Waals surface area contributed by atoms with E-state index in [-0.39, 0.29) is 0 Å². The van der Waals surface area contributed by atoms with Gasteiger partial charge in [0.25, 0.3) is 0 Å². The van der Waals surface area contributed by atoms with Crippen molar-refractivity contribution in [2.75, 3.05) is 5.32 Å². The second kappa shape index (κ2) is 5.17. The molecule has 100 valence electrons. The van der Waals surface area contributed by atoms with Crippen molar-refractivity contribution in [2.24, 2.45) is 0 Å². The van der Waals surface area contributed by atoms with Crippen LogP contribution in [0.4, 0.5) is 10.6 Å². The Morgan fingerprint density at radius 2 is 2.11 bits per heavy atom. The first-order valence-electron chi connectivity index (χ1n) is 5.89. The predicted octanol–water partition coefficient (Wildman–Crippen LogP) is 4.34. The molecule has 1 heterocycles. The molecule has 0 aliphatic heterocycles. The molecule has 1 aromatic carbocycles. The lowest BCUT2D eigenvalue weighted by molar-refractivity contribution is 0.0635. The van der Waals surface area contributed by atoms with E-state index in [0.29, 0.717) is 5.82 Å². The van der Waals surface area contributed by atoms with Crippen LogP contribution in [-0.4, -0.2) is 16.7 Å². The van der Waals surface area contributed by atoms with Crippen molar-refractivity contribution >= 4 is 38.6 Å². The first kappa shape index (κ1) is 13.8. The molecule has 0 aliphatic carbocycles. The molecule has 0 saturated heterocycles. The van der Waals surface area contributed by atoms with Gasteiger partial charge in [-0.25, -0.2) is 9.78 Å². The summed E-state index contributed by atoms with van der Waals surface area (Å²) in [7, 11) is 0. The number of amides is 1. The van der Waals surface area contributed by atoms with Crippen LogP contribution in [0.25, 0.3) is 10.8 Å². The summed E-state index contributed by atoms with van der Waals surface area (Å²) in [5.74, 6) is 0.472. The molecule has 1 aromatic heterocycles. The number of nitrogens with one attached hydrogen (secondary N) is 1. The van der Waals surface area contributed by atoms with E-state index >= 15 is 0 Å². The molecule has 0 spiro atoms. The highest BCUT2D eigenvalue weighted by Crippen LogP contribution is 2.24. The van der Waals surface area contributed by atoms with Gasteiger partial charge in [-0.1, -0.05) is 28.1 Å². The molecule has 1 amide bonds. The quantitative estimate of drug-likeness (QED) is 0.849. The first-order valence-corrected chi connectivity index (χ1v) is 6.69. The number of pyridine rings is 1. The number of hydrogen-bond acceptors (Lipinski definition) is 3. The highest BCUT2D eigenvalue weighted by atomic mass is 79.9. The summed E-state index contributed by atoms with van der Waals surface area (Å²) in [4.78, 5) is 15.8. The van der Waals surface area contributed by atoms with Gasteiger partial charge in [-0.3, -0.25) is 5.32 Å². The van der Waals surface area contributed by atoms with E-state index in [4.69, 9.17) is 4.74 Å². The lowest BCUT2D eigenvalue weighted by Crippen LogP contribution is -2.27. The summed E-state index contributed by atoms with van der Waals surface area (Å²) < 4.78 is 6.15. The number of aromatic nitrogens is 1. The fourth-order valence-corrected chi connectivity index (χ4v) is 2.09. The molecule has 1 N–H and O–H groups in total. The van der Waals surface area contributed by atoms with Crippen molar-refractivity contribution in [3.8, 4) is 0 Å². The minimum Gasteiger partial charge on any atom is -0.444 e. The van der Waals surface area contributed by atoms with E-state index in [0.717, 1.165) is 15.2 Å². The number of ether oxygens (including phenoxy) is 1. The maximum Gasteiger partial charge on any atom is 0.413 e. The largest absolute Gasteiger partial charge is 0.444 e. The molecule has 4 nitrogen and oxygen atoms in total. The van der Waals surface area contributed by atoms with Gasteiger partial charge in [0.15, 0.2) is 0 Å². The minimum atomic E-state index is -0.524. The maximum absolute atomic E-state index is 11.6. The van der Waals surface area contributed by atoms with Gasteiger partial charge in [-0.15, -0.1) is 0 Å². The molecule has 0 radical (unpaired) electrons. The summed E-state index contributed by atoms with van der Waals surface area (Å²) in [6, 6.07) is 7.65. The van der Waals surface area contributed by atoms with E-state index in [2.05, 4.69) is 26.2 Å². The fraction of sp³-hybridized carbons (Fsp3) is 0.286. The van der Waals surface area contributed by atoms with Gasteiger partial charge in [0, 0.05) is 16.1 Å². The summed E-state index contributed by atoms with van der Waals surface area (Å²) in [5.41, 5.74) is -0.524. The third-order valence-electron chi connectivity index (χ3n) is 2.34. The predicted molar refractivity (Wildman–Crippen MR) is 79.3 cm³/mol. The standard InChI is InChI=1S/C14H15BrN2O2/c1-14(2,3)19-13(18)17-12-7-9-5-4-6-11(15)10(9)8-16-12/h4-8H,1-3H3,(H,16,17,18). The van der Waals surface area contributed by atoms with Crippen LogP contribution in [0.3, 0.4) is 0 Å². The Morgan fingerprint density at radius 3 is 2.79 bits per heavy atom. The van der Waals surface area contributed by atoms with Crippen molar-refractivity contribution in [3.05, 3.63) is 34.9 Å². The molecule has 2 rings (SSSR count). The van der Waals surface area contributed by atoms with Crippen molar-refractivity contribution in [2.45, 2.75) is 26.4 Å². The summed E-state index contributed by atoms with van der Waals surface area (Å²) >= 11 is 3.46. The molecule has 0 unspecified atom stereocenters. The summed E-state index contributed by atoms with van der Waals surface area (Å²) in [6.45, 7) is 5.45. The Bertz CT molecular complexity index is 620. The van der Waals surface area contributed by atoms with Crippen LogP contribution in [0.2, 0.25) is 0 Å². The number of rotatable bonds is 1. The Morgan fingerprint density at radius 1 is 1.37 bits per heavy atom. The van der Waals surface area contributed by atoms with Crippen molar-refractivity contribution < 1.29 is 9.53 Å². The van der Waals surface area contributed by atoms with E-state index < -0.39 is 11.7 Å². The van der Waals surface area contributed by atoms with Crippen LogP contribution >= 0.6 is 15.9 Å². The van der Waals surface area contributed by atoms with Gasteiger partial charge < -0.3 is 4.74 Å². The van der Waals surface area contributed by atoms with E-state index in [1.54, 1.807) is 6.20 Å². The number of hydrogen-bond donors (Lipinski definition) is 1. The molecule has 2 aromatic rings. The monoisotopic (exact) mass is 322 g/mol. The highest BCUT2D eigenvalue weighted by molar-refractivity contribution is 9.10. The number of nitrogens with zero attached hydrogens (tertiary/aromatic N) is 1. The molecule has 0 bridgehead atoms. The van der Waals surface area contributed by atoms with Crippen LogP contribution < -0.4 is 5.32 Å². The van der Waals surface area contributed by atoms with Gasteiger partial charge in [0.2, 0.25) is 0 Å². The molecular formula is C14H15BrN2O2. The SMILES string of the molecule is CC(C)(C)OC(=O)Nc1cc2cccc(Br)c2cn1. The lowest BCUT2D eigenvalue weighted by atomic mass is 10.2. The molecule has 0 fully saturated rings. The Kier molecular flexibility index (Phi) is 3.75. The smallest absolute Gasteiger partial charge is 0.413 e. The molecule has 5 heteroatoms. The van der Waals surface area contributed by atoms with Crippen LogP contribution in [0.5, 0.6) is 0 Å². The van der Waals surface area contributed by atoms with Crippen molar-refractivity contribution in [1.29, 1.82) is 0 Å². The van der Waals surface area contributed by atoms with Gasteiger partial charge in [-0.2, -0.15) is 0 Å². The Balaban J connectivity index is 2.20. The average Bonchev–Trinajstić information content (AvgIpc) is 2.26. The number of anilines is 1. The number of fused-ring (bicyclic) bond motifs is 1. The molecule has 0 saturated carbocycles. The Hall–Kier alpha value is -1.62. The number of halogens is 1. The van der Waals surface area contributed by atoms with Gasteiger partial charge >= 0.3 is 6.09 Å². The van der Waals surface area contributed by atoms with Crippen molar-refractivity contribution in [1.82, 2.24) is 4.98 Å². The van der Waals surface area contributed by atoms with Crippen LogP contribution in [0.1, 0.15) is 20.8 Å². The zero-order valence-electron chi connectivity index (χ0n) is 11.0. The highest BCUT2D eigenvalue weighted by Gasteiger charge is 2.16. The molecule has 0 atom stereocenters. The van der Waals surface area contributed by atoms with Gasteiger partial charge in [0.1, 0.15) is 11.4 Å². The normalized spacial score (nSPS) is 11.4. The third kappa shape index (κ3) is 3.67. The van der Waals surface area contributed by atoms with Crippen molar-refractivity contribution in [3.63, 3.8) is 0 Å². The zero-order chi connectivity index (χ0) is 14.0. The second-order valence-corrected chi connectivity index (χ2v) is 6.01. The van der Waals surface area contributed by atoms with Crippen LogP contribution in [-0.2, 0) is 4.74 Å². The number of carbonyl (C=O) groups is 1. The minimum absolute atomic E-state index is 0.472. The maximum atomic E-state index is 11.6. The zero-order valence-corrected chi connectivity index (χ0v) is 12.6. The van der Waals surface area contributed by atoms with Gasteiger partial charge in [0.05, 0.1) is 0 Å². The first-order chi connectivity index (χ1) is 8.85. The van der Waals surface area contributed by atoms with E-state index in [1.165, 1.54) is 0 Å². The molecule has 0 aliphatic rings. The van der Waals surface area contributed by atoms with E-state index in [1.807, 2.05) is 45.0 Å². The fourth-order valence-electron chi connectivity index (χ4n) is 1.61. The lowest BCUT2D eigenvalue weighted by Gasteiger charge is -2.19. The molecular weight excluding hydrogens is 308 g/mol. The topological polar surface area (TPSA) is 51.2 Å². The summed E-state index contributed by atoms with van der Waals surface area (Å²) in [5, 5.41) is 4.62. The van der Waals surface area contributed by atoms with Gasteiger partial charge in [-0.05, 0) is 38.3 Å². The van der Waals surface area contributed by atoms with Crippen LogP contribution in [0.15, 0.2) is 34.9 Å². The second-order valence-electron chi connectivity index (χ2n) is 5.16. The summed E-state index contributed by atoms with van der Waals surface area (Å²) in [6.07, 6.45) is 1.21. The third-order valence-corrected chi connectivity index (χ3v) is 3.03. The Labute approximate surface area is 120 Å². The average molecular weight is 323 g/mol. The van der Waals surface area contributed by atoms with Crippen LogP contribution in [0, 0.1) is 0 Å². The number of benzene rings is 1. The molecule has 19 heavy (non-hydrogen) atoms.